The van der Waals surface area contributed by atoms with Crippen molar-refractivity contribution in [2.75, 3.05) is 6.54 Å². The number of halogens is 4. The predicted octanol–water partition coefficient (Wildman–Crippen LogP) is 4.62. The Morgan fingerprint density at radius 3 is 2.49 bits per heavy atom. The zero-order valence-corrected chi connectivity index (χ0v) is 19.2. The Balaban J connectivity index is 1.34. The lowest BCUT2D eigenvalue weighted by Gasteiger charge is -2.30. The van der Waals surface area contributed by atoms with E-state index in [1.165, 1.54) is 11.1 Å². The summed E-state index contributed by atoms with van der Waals surface area (Å²) in [5.74, 6) is -0.436. The molecule has 0 saturated heterocycles. The summed E-state index contributed by atoms with van der Waals surface area (Å²) in [6.07, 6.45) is -3.32. The van der Waals surface area contributed by atoms with Crippen LogP contribution in [-0.2, 0) is 29.0 Å². The second kappa shape index (κ2) is 8.47. The van der Waals surface area contributed by atoms with Crippen LogP contribution in [0.4, 0.5) is 17.6 Å². The molecule has 2 aromatic carbocycles. The van der Waals surface area contributed by atoms with E-state index in [0.717, 1.165) is 29.8 Å². The molecular weight excluding hydrogens is 486 g/mol. The minimum absolute atomic E-state index is 0.00282. The number of imidazole rings is 1. The number of sulfone groups is 1. The second-order valence-corrected chi connectivity index (χ2v) is 10.9. The molecule has 5 rings (SSSR count). The van der Waals surface area contributed by atoms with E-state index < -0.39 is 38.9 Å². The third-order valence-corrected chi connectivity index (χ3v) is 8.50. The smallest absolute Gasteiger partial charge is 0.335 e. The third kappa shape index (κ3) is 4.44. The highest BCUT2D eigenvalue weighted by molar-refractivity contribution is 7.92. The molecule has 1 fully saturated rings. The average molecular weight is 508 g/mol. The molecule has 2 heterocycles. The van der Waals surface area contributed by atoms with E-state index >= 15 is 4.39 Å². The standard InChI is InChI=1S/C24H21F4N3O3S/c25-21(14-4-6-16(7-5-14)24(26,27)28)19-3-1-2-15-13-31(11-10-18(15)19)22(32)20-12-29-23(30-20)35(33,34)17-8-9-17/h1-7,12,17,21H,8-11,13H2,(H,29,30). The van der Waals surface area contributed by atoms with E-state index in [-0.39, 0.29) is 29.5 Å². The molecule has 1 atom stereocenters. The van der Waals surface area contributed by atoms with Crippen LogP contribution in [0, 0.1) is 0 Å². The maximum Gasteiger partial charge on any atom is 0.416 e. The summed E-state index contributed by atoms with van der Waals surface area (Å²) in [7, 11) is -3.55. The normalized spacial score (nSPS) is 17.2. The van der Waals surface area contributed by atoms with Crippen molar-refractivity contribution in [3.05, 3.63) is 82.2 Å². The summed E-state index contributed by atoms with van der Waals surface area (Å²) in [6, 6.07) is 9.01. The van der Waals surface area contributed by atoms with E-state index in [0.29, 0.717) is 30.4 Å². The summed E-state index contributed by atoms with van der Waals surface area (Å²) >= 11 is 0. The SMILES string of the molecule is O=C(c1c[nH]c(S(=O)(=O)C2CC2)n1)N1CCc2c(cccc2C(F)c2ccc(C(F)(F)F)cc2)C1. The molecular formula is C24H21F4N3O3S. The zero-order valence-electron chi connectivity index (χ0n) is 18.3. The Morgan fingerprint density at radius 2 is 1.83 bits per heavy atom. The number of nitrogens with zero attached hydrogens (tertiary/aromatic N) is 2. The Bertz CT molecular complexity index is 1380. The molecule has 0 bridgehead atoms. The van der Waals surface area contributed by atoms with Gasteiger partial charge in [-0.05, 0) is 53.6 Å². The van der Waals surface area contributed by atoms with Crippen molar-refractivity contribution < 1.29 is 30.8 Å². The fourth-order valence-corrected chi connectivity index (χ4v) is 5.85. The molecule has 1 N–H and O–H groups in total. The van der Waals surface area contributed by atoms with Gasteiger partial charge in [-0.1, -0.05) is 30.3 Å². The van der Waals surface area contributed by atoms with Crippen LogP contribution in [0.5, 0.6) is 0 Å². The van der Waals surface area contributed by atoms with Crippen LogP contribution in [0.2, 0.25) is 0 Å². The van der Waals surface area contributed by atoms with Crippen LogP contribution in [-0.4, -0.2) is 41.0 Å². The number of amides is 1. The Kier molecular flexibility index (Phi) is 5.70. The van der Waals surface area contributed by atoms with Crippen LogP contribution in [0.25, 0.3) is 0 Å². The number of aromatic nitrogens is 2. The summed E-state index contributed by atoms with van der Waals surface area (Å²) in [5, 5.41) is -0.657. The van der Waals surface area contributed by atoms with Crippen molar-refractivity contribution in [3.8, 4) is 0 Å². The molecule has 1 aliphatic carbocycles. The van der Waals surface area contributed by atoms with Gasteiger partial charge in [0.2, 0.25) is 15.0 Å². The topological polar surface area (TPSA) is 83.1 Å². The lowest BCUT2D eigenvalue weighted by atomic mass is 9.89. The number of carbonyl (C=O) groups is 1. The summed E-state index contributed by atoms with van der Waals surface area (Å²) in [5.41, 5.74) is 1.06. The molecule has 2 aliphatic rings. The first-order valence-corrected chi connectivity index (χ1v) is 12.6. The van der Waals surface area contributed by atoms with Gasteiger partial charge in [-0.3, -0.25) is 4.79 Å². The quantitative estimate of drug-likeness (QED) is 0.511. The van der Waals surface area contributed by atoms with Gasteiger partial charge < -0.3 is 9.88 Å². The number of aromatic amines is 1. The van der Waals surface area contributed by atoms with Crippen molar-refractivity contribution in [2.24, 2.45) is 0 Å². The zero-order chi connectivity index (χ0) is 25.0. The minimum atomic E-state index is -4.50. The van der Waals surface area contributed by atoms with Crippen LogP contribution in [0.3, 0.4) is 0 Å². The first-order valence-electron chi connectivity index (χ1n) is 11.1. The molecule has 1 amide bonds. The number of nitrogens with one attached hydrogen (secondary N) is 1. The number of H-pyrrole nitrogens is 1. The molecule has 1 aliphatic heterocycles. The maximum atomic E-state index is 15.4. The highest BCUT2D eigenvalue weighted by Crippen LogP contribution is 2.36. The monoisotopic (exact) mass is 507 g/mol. The first-order chi connectivity index (χ1) is 16.6. The van der Waals surface area contributed by atoms with Crippen LogP contribution >= 0.6 is 0 Å². The van der Waals surface area contributed by atoms with Crippen molar-refractivity contribution in [1.29, 1.82) is 0 Å². The van der Waals surface area contributed by atoms with Gasteiger partial charge in [-0.25, -0.2) is 17.8 Å². The van der Waals surface area contributed by atoms with Crippen LogP contribution in [0.1, 0.15) is 57.3 Å². The van der Waals surface area contributed by atoms with Gasteiger partial charge in [-0.2, -0.15) is 13.2 Å². The molecule has 6 nitrogen and oxygen atoms in total. The van der Waals surface area contributed by atoms with Crippen LogP contribution in [0.15, 0.2) is 53.8 Å². The van der Waals surface area contributed by atoms with Gasteiger partial charge in [0.05, 0.1) is 10.8 Å². The van der Waals surface area contributed by atoms with E-state index in [1.807, 2.05) is 0 Å². The van der Waals surface area contributed by atoms with Gasteiger partial charge >= 0.3 is 6.18 Å². The van der Waals surface area contributed by atoms with Crippen LogP contribution < -0.4 is 0 Å². The number of alkyl halides is 4. The molecule has 1 unspecified atom stereocenters. The fourth-order valence-electron chi connectivity index (χ4n) is 4.33. The fraction of sp³-hybridized carbons (Fsp3) is 0.333. The molecule has 0 radical (unpaired) electrons. The van der Waals surface area contributed by atoms with Gasteiger partial charge in [0, 0.05) is 19.3 Å². The molecule has 3 aromatic rings. The van der Waals surface area contributed by atoms with Gasteiger partial charge in [0.15, 0.2) is 6.17 Å². The number of fused-ring (bicyclic) bond motifs is 1. The third-order valence-electron chi connectivity index (χ3n) is 6.40. The number of rotatable bonds is 5. The van der Waals surface area contributed by atoms with Crippen molar-refractivity contribution in [1.82, 2.24) is 14.9 Å². The summed E-state index contributed by atoms with van der Waals surface area (Å²) in [6.45, 7) is 0.444. The van der Waals surface area contributed by atoms with E-state index in [1.54, 1.807) is 18.2 Å². The lowest BCUT2D eigenvalue weighted by molar-refractivity contribution is -0.137. The maximum absolute atomic E-state index is 15.4. The van der Waals surface area contributed by atoms with Crippen molar-refractivity contribution in [2.45, 2.75) is 48.6 Å². The van der Waals surface area contributed by atoms with Gasteiger partial charge in [-0.15, -0.1) is 0 Å². The largest absolute Gasteiger partial charge is 0.416 e. The Hall–Kier alpha value is -3.21. The highest BCUT2D eigenvalue weighted by atomic mass is 32.2. The first kappa shape index (κ1) is 23.5. The average Bonchev–Trinajstić information content (AvgIpc) is 3.59. The van der Waals surface area contributed by atoms with Crippen molar-refractivity contribution >= 4 is 15.7 Å². The predicted molar refractivity (Wildman–Crippen MR) is 118 cm³/mol. The van der Waals surface area contributed by atoms with Gasteiger partial charge in [0.1, 0.15) is 5.69 Å². The summed E-state index contributed by atoms with van der Waals surface area (Å²) < 4.78 is 78.5. The Morgan fingerprint density at radius 1 is 1.11 bits per heavy atom. The lowest BCUT2D eigenvalue weighted by Crippen LogP contribution is -2.36. The molecule has 35 heavy (non-hydrogen) atoms. The van der Waals surface area contributed by atoms with Gasteiger partial charge in [0.25, 0.3) is 5.91 Å². The minimum Gasteiger partial charge on any atom is -0.335 e. The Labute approximate surface area is 198 Å². The second-order valence-electron chi connectivity index (χ2n) is 8.78. The summed E-state index contributed by atoms with van der Waals surface area (Å²) in [4.78, 5) is 21.1. The number of benzene rings is 2. The van der Waals surface area contributed by atoms with E-state index in [4.69, 9.17) is 0 Å². The highest BCUT2D eigenvalue weighted by Gasteiger charge is 2.39. The number of hydrogen-bond donors (Lipinski definition) is 1. The molecule has 0 spiro atoms. The molecule has 11 heteroatoms. The number of hydrogen-bond acceptors (Lipinski definition) is 4. The van der Waals surface area contributed by atoms with E-state index in [2.05, 4.69) is 9.97 Å². The molecule has 1 saturated carbocycles. The van der Waals surface area contributed by atoms with Crippen molar-refractivity contribution in [3.63, 3.8) is 0 Å². The number of carbonyl (C=O) groups excluding carboxylic acids is 1. The molecule has 184 valence electrons. The van der Waals surface area contributed by atoms with E-state index in [9.17, 15) is 26.4 Å². The molecule has 1 aromatic heterocycles.